The minimum Gasteiger partial charge on any atom is -0.338 e. The number of nitrogens with one attached hydrogen (secondary N) is 1. The maximum atomic E-state index is 12.6. The van der Waals surface area contributed by atoms with E-state index in [-0.39, 0.29) is 23.4 Å². The van der Waals surface area contributed by atoms with Gasteiger partial charge in [-0.05, 0) is 47.2 Å². The van der Waals surface area contributed by atoms with Crippen LogP contribution in [-0.4, -0.2) is 54.8 Å². The van der Waals surface area contributed by atoms with Crippen molar-refractivity contribution in [2.24, 2.45) is 5.92 Å². The van der Waals surface area contributed by atoms with Gasteiger partial charge in [-0.25, -0.2) is 13.2 Å². The molecule has 2 aromatic carbocycles. The molecule has 8 heteroatoms. The van der Waals surface area contributed by atoms with Gasteiger partial charge in [-0.15, -0.1) is 0 Å². The van der Waals surface area contributed by atoms with Crippen molar-refractivity contribution in [3.63, 3.8) is 0 Å². The molecule has 0 aliphatic carbocycles. The Morgan fingerprint density at radius 1 is 0.939 bits per heavy atom. The van der Waals surface area contributed by atoms with Gasteiger partial charge in [0.05, 0.1) is 17.4 Å². The molecule has 0 radical (unpaired) electrons. The molecule has 0 saturated carbocycles. The van der Waals surface area contributed by atoms with Gasteiger partial charge in [-0.1, -0.05) is 42.5 Å². The Hall–Kier alpha value is -3.13. The average molecular weight is 466 g/mol. The van der Waals surface area contributed by atoms with Crippen LogP contribution in [0.5, 0.6) is 0 Å². The number of amides is 3. The summed E-state index contributed by atoms with van der Waals surface area (Å²) in [6.07, 6.45) is 3.20. The van der Waals surface area contributed by atoms with Crippen LogP contribution >= 0.6 is 0 Å². The zero-order valence-electron chi connectivity index (χ0n) is 18.4. The molecule has 5 rings (SSSR count). The second kappa shape index (κ2) is 8.67. The lowest BCUT2D eigenvalue weighted by Gasteiger charge is -2.28. The van der Waals surface area contributed by atoms with Crippen molar-refractivity contribution in [1.82, 2.24) is 9.80 Å². The van der Waals surface area contributed by atoms with Gasteiger partial charge in [-0.3, -0.25) is 4.79 Å². The number of hydrogen-bond acceptors (Lipinski definition) is 4. The summed E-state index contributed by atoms with van der Waals surface area (Å²) >= 11 is 0. The molecule has 3 amide bonds. The molecule has 3 heterocycles. The predicted molar refractivity (Wildman–Crippen MR) is 127 cm³/mol. The van der Waals surface area contributed by atoms with Gasteiger partial charge in [-0.2, -0.15) is 0 Å². The van der Waals surface area contributed by atoms with Crippen LogP contribution in [0.1, 0.15) is 29.5 Å². The van der Waals surface area contributed by atoms with E-state index in [1.165, 1.54) is 11.1 Å². The van der Waals surface area contributed by atoms with Crippen LogP contribution in [0.2, 0.25) is 0 Å². The van der Waals surface area contributed by atoms with E-state index in [2.05, 4.69) is 17.4 Å². The summed E-state index contributed by atoms with van der Waals surface area (Å²) in [5.74, 6) is -0.341. The quantitative estimate of drug-likeness (QED) is 0.754. The molecule has 172 valence electrons. The molecule has 33 heavy (non-hydrogen) atoms. The van der Waals surface area contributed by atoms with E-state index in [9.17, 15) is 18.0 Å². The van der Waals surface area contributed by atoms with Crippen molar-refractivity contribution in [1.29, 1.82) is 0 Å². The Kier molecular flexibility index (Phi) is 5.70. The van der Waals surface area contributed by atoms with Crippen molar-refractivity contribution in [2.75, 3.05) is 29.9 Å². The maximum Gasteiger partial charge on any atom is 0.322 e. The van der Waals surface area contributed by atoms with Crippen LogP contribution in [0.25, 0.3) is 5.57 Å². The lowest BCUT2D eigenvalue weighted by atomic mass is 9.98. The number of rotatable bonds is 3. The van der Waals surface area contributed by atoms with E-state index < -0.39 is 15.8 Å². The largest absolute Gasteiger partial charge is 0.338 e. The molecule has 1 unspecified atom stereocenters. The molecule has 1 N–H and O–H groups in total. The van der Waals surface area contributed by atoms with Gasteiger partial charge < -0.3 is 15.1 Å². The number of carbonyl (C=O) groups is 2. The first kappa shape index (κ1) is 21.7. The lowest BCUT2D eigenvalue weighted by molar-refractivity contribution is -0.134. The van der Waals surface area contributed by atoms with Crippen molar-refractivity contribution < 1.29 is 18.0 Å². The highest BCUT2D eigenvalue weighted by molar-refractivity contribution is 7.91. The fourth-order valence-corrected chi connectivity index (χ4v) is 6.56. The highest BCUT2D eigenvalue weighted by Gasteiger charge is 2.35. The van der Waals surface area contributed by atoms with Crippen LogP contribution in [0.15, 0.2) is 54.6 Å². The molecule has 0 bridgehead atoms. The SMILES string of the molecule is O=C(Nc1ccc(C2=CCN(C(=O)C3CCS(=O)(=O)C3)CC2)cc1)N1Cc2ccccc2C1. The van der Waals surface area contributed by atoms with Gasteiger partial charge in [0.15, 0.2) is 9.84 Å². The third-order valence-corrected chi connectivity index (χ3v) is 8.51. The third kappa shape index (κ3) is 4.66. The fourth-order valence-electron chi connectivity index (χ4n) is 4.83. The number of urea groups is 1. The van der Waals surface area contributed by atoms with E-state index in [1.54, 1.807) is 9.80 Å². The normalized spacial score (nSPS) is 21.5. The Morgan fingerprint density at radius 3 is 2.21 bits per heavy atom. The monoisotopic (exact) mass is 465 g/mol. The zero-order chi connectivity index (χ0) is 23.0. The molecule has 1 atom stereocenters. The summed E-state index contributed by atoms with van der Waals surface area (Å²) in [6, 6.07) is 15.8. The van der Waals surface area contributed by atoms with Crippen molar-refractivity contribution in [2.45, 2.75) is 25.9 Å². The third-order valence-electron chi connectivity index (χ3n) is 6.74. The Bertz CT molecular complexity index is 1200. The van der Waals surface area contributed by atoms with Crippen molar-refractivity contribution in [3.05, 3.63) is 71.3 Å². The lowest BCUT2D eigenvalue weighted by Crippen LogP contribution is -2.39. The molecule has 3 aliphatic heterocycles. The summed E-state index contributed by atoms with van der Waals surface area (Å²) in [7, 11) is -3.06. The Labute approximate surface area is 194 Å². The summed E-state index contributed by atoms with van der Waals surface area (Å²) in [5, 5.41) is 2.97. The van der Waals surface area contributed by atoms with Gasteiger partial charge in [0, 0.05) is 31.9 Å². The second-order valence-corrected chi connectivity index (χ2v) is 11.2. The van der Waals surface area contributed by atoms with E-state index in [4.69, 9.17) is 0 Å². The number of fused-ring (bicyclic) bond motifs is 1. The number of hydrogen-bond donors (Lipinski definition) is 1. The molecular formula is C25H27N3O4S. The molecule has 3 aliphatic rings. The number of anilines is 1. The summed E-state index contributed by atoms with van der Waals surface area (Å²) in [6.45, 7) is 2.33. The molecule has 2 aromatic rings. The molecule has 0 aromatic heterocycles. The smallest absolute Gasteiger partial charge is 0.322 e. The van der Waals surface area contributed by atoms with Gasteiger partial charge in [0.2, 0.25) is 5.91 Å². The number of carbonyl (C=O) groups excluding carboxylic acids is 2. The molecular weight excluding hydrogens is 438 g/mol. The Balaban J connectivity index is 1.16. The van der Waals surface area contributed by atoms with Crippen LogP contribution < -0.4 is 5.32 Å². The first-order chi connectivity index (χ1) is 15.9. The average Bonchev–Trinajstić information content (AvgIpc) is 3.42. The highest BCUT2D eigenvalue weighted by Crippen LogP contribution is 2.27. The molecule has 1 saturated heterocycles. The van der Waals surface area contributed by atoms with Crippen molar-refractivity contribution in [3.8, 4) is 0 Å². The highest BCUT2D eigenvalue weighted by atomic mass is 32.2. The summed E-state index contributed by atoms with van der Waals surface area (Å²) in [5.41, 5.74) is 5.35. The minimum atomic E-state index is -3.06. The minimum absolute atomic E-state index is 0.0182. The fraction of sp³-hybridized carbons (Fsp3) is 0.360. The van der Waals surface area contributed by atoms with Crippen LogP contribution in [0, 0.1) is 5.92 Å². The van der Waals surface area contributed by atoms with Crippen LogP contribution in [-0.2, 0) is 27.7 Å². The van der Waals surface area contributed by atoms with Crippen LogP contribution in [0.4, 0.5) is 10.5 Å². The zero-order valence-corrected chi connectivity index (χ0v) is 19.2. The Morgan fingerprint density at radius 2 is 1.64 bits per heavy atom. The molecule has 0 spiro atoms. The van der Waals surface area contributed by atoms with Gasteiger partial charge in [0.1, 0.15) is 0 Å². The number of benzene rings is 2. The number of sulfone groups is 1. The summed E-state index contributed by atoms with van der Waals surface area (Å²) < 4.78 is 23.3. The van der Waals surface area contributed by atoms with E-state index in [1.807, 2.05) is 42.5 Å². The van der Waals surface area contributed by atoms with E-state index in [0.717, 1.165) is 23.2 Å². The number of nitrogens with zero attached hydrogens (tertiary/aromatic N) is 2. The van der Waals surface area contributed by atoms with Crippen LogP contribution in [0.3, 0.4) is 0 Å². The second-order valence-electron chi connectivity index (χ2n) is 9.00. The maximum absolute atomic E-state index is 12.6. The van der Waals surface area contributed by atoms with E-state index >= 15 is 0 Å². The van der Waals surface area contributed by atoms with Crippen molar-refractivity contribution >= 4 is 33.0 Å². The van der Waals surface area contributed by atoms with E-state index in [0.29, 0.717) is 32.6 Å². The topological polar surface area (TPSA) is 86.8 Å². The summed E-state index contributed by atoms with van der Waals surface area (Å²) in [4.78, 5) is 28.9. The van der Waals surface area contributed by atoms with Gasteiger partial charge >= 0.3 is 6.03 Å². The predicted octanol–water partition coefficient (Wildman–Crippen LogP) is 3.28. The molecule has 7 nitrogen and oxygen atoms in total. The molecule has 1 fully saturated rings. The first-order valence-corrected chi connectivity index (χ1v) is 13.1. The first-order valence-electron chi connectivity index (χ1n) is 11.3. The van der Waals surface area contributed by atoms with Gasteiger partial charge in [0.25, 0.3) is 0 Å². The standard InChI is InChI=1S/C25H27N3O4S/c29-24(22-11-14-33(31,32)17-22)27-12-9-19(10-13-27)18-5-7-23(8-6-18)26-25(30)28-15-20-3-1-2-4-21(20)16-28/h1-9,22H,10-17H2,(H,26,30).